The lowest BCUT2D eigenvalue weighted by Gasteiger charge is -2.35. The number of anilines is 2. The number of fused-ring (bicyclic) bond motifs is 1. The molecule has 0 aliphatic carbocycles. The summed E-state index contributed by atoms with van der Waals surface area (Å²) in [5.41, 5.74) is 2.78. The second kappa shape index (κ2) is 9.72. The van der Waals surface area contributed by atoms with Crippen molar-refractivity contribution >= 4 is 45.8 Å². The molecule has 1 N–H and O–H groups in total. The first kappa shape index (κ1) is 22.8. The van der Waals surface area contributed by atoms with Gasteiger partial charge in [-0.2, -0.15) is 0 Å². The predicted molar refractivity (Wildman–Crippen MR) is 137 cm³/mol. The molecule has 5 rings (SSSR count). The molecule has 0 bridgehead atoms. The predicted octanol–water partition coefficient (Wildman–Crippen LogP) is 5.31. The van der Waals surface area contributed by atoms with Crippen molar-refractivity contribution in [3.63, 3.8) is 0 Å². The molecular formula is C27H24ClN3O4. The molecule has 2 heterocycles. The van der Waals surface area contributed by atoms with E-state index in [1.807, 2.05) is 53.4 Å². The van der Waals surface area contributed by atoms with Gasteiger partial charge in [-0.05, 0) is 54.6 Å². The largest absolute Gasteiger partial charge is 0.496 e. The van der Waals surface area contributed by atoms with Gasteiger partial charge in [0, 0.05) is 48.0 Å². The van der Waals surface area contributed by atoms with Crippen LogP contribution in [0.2, 0.25) is 5.02 Å². The zero-order chi connectivity index (χ0) is 24.4. The number of ether oxygens (including phenoxy) is 1. The third-order valence-electron chi connectivity index (χ3n) is 6.10. The standard InChI is InChI=1S/C27H24ClN3O4/c1-34-24-11-6-19(28)17-22(24)26(32)29-20-7-9-21(10-8-20)30-12-14-31(15-13-30)27(33)25-16-18-4-2-3-5-23(18)35-25/h2-11,16-17H,12-15H2,1H3,(H,29,32). The molecular weight excluding hydrogens is 466 g/mol. The first-order valence-electron chi connectivity index (χ1n) is 11.3. The minimum absolute atomic E-state index is 0.0876. The normalized spacial score (nSPS) is 13.7. The Morgan fingerprint density at radius 1 is 0.943 bits per heavy atom. The first-order valence-corrected chi connectivity index (χ1v) is 11.7. The van der Waals surface area contributed by atoms with E-state index in [2.05, 4.69) is 10.2 Å². The topological polar surface area (TPSA) is 75.0 Å². The van der Waals surface area contributed by atoms with Crippen molar-refractivity contribution in [3.05, 3.63) is 89.1 Å². The number of amides is 2. The summed E-state index contributed by atoms with van der Waals surface area (Å²) >= 11 is 6.04. The Hall–Kier alpha value is -3.97. The molecule has 1 aliphatic heterocycles. The average molecular weight is 490 g/mol. The van der Waals surface area contributed by atoms with E-state index in [-0.39, 0.29) is 11.8 Å². The molecule has 0 saturated carbocycles. The monoisotopic (exact) mass is 489 g/mol. The fourth-order valence-electron chi connectivity index (χ4n) is 4.22. The third kappa shape index (κ3) is 4.81. The molecule has 2 amide bonds. The van der Waals surface area contributed by atoms with Crippen LogP contribution in [0.3, 0.4) is 0 Å². The molecule has 1 aliphatic rings. The van der Waals surface area contributed by atoms with Crippen molar-refractivity contribution in [1.29, 1.82) is 0 Å². The average Bonchev–Trinajstić information content (AvgIpc) is 3.33. The molecule has 0 unspecified atom stereocenters. The maximum atomic E-state index is 12.9. The van der Waals surface area contributed by atoms with Gasteiger partial charge in [-0.3, -0.25) is 9.59 Å². The molecule has 0 atom stereocenters. The Bertz CT molecular complexity index is 1340. The van der Waals surface area contributed by atoms with E-state index < -0.39 is 0 Å². The van der Waals surface area contributed by atoms with E-state index >= 15 is 0 Å². The van der Waals surface area contributed by atoms with Crippen LogP contribution >= 0.6 is 11.6 Å². The number of rotatable bonds is 5. The number of carbonyl (C=O) groups is 2. The Kier molecular flexibility index (Phi) is 6.33. The highest BCUT2D eigenvalue weighted by molar-refractivity contribution is 6.31. The van der Waals surface area contributed by atoms with Crippen molar-refractivity contribution in [2.45, 2.75) is 0 Å². The molecule has 3 aromatic carbocycles. The van der Waals surface area contributed by atoms with E-state index in [0.717, 1.165) is 16.7 Å². The highest BCUT2D eigenvalue weighted by Crippen LogP contribution is 2.26. The van der Waals surface area contributed by atoms with Crippen molar-refractivity contribution in [2.24, 2.45) is 0 Å². The number of furan rings is 1. The first-order chi connectivity index (χ1) is 17.0. The van der Waals surface area contributed by atoms with Gasteiger partial charge < -0.3 is 24.3 Å². The smallest absolute Gasteiger partial charge is 0.289 e. The lowest BCUT2D eigenvalue weighted by Crippen LogP contribution is -2.48. The number of hydrogen-bond donors (Lipinski definition) is 1. The van der Waals surface area contributed by atoms with Crippen LogP contribution in [0.5, 0.6) is 5.75 Å². The maximum Gasteiger partial charge on any atom is 0.289 e. The number of para-hydroxylation sites is 1. The van der Waals surface area contributed by atoms with Crippen LogP contribution in [-0.2, 0) is 0 Å². The van der Waals surface area contributed by atoms with Gasteiger partial charge in [-0.15, -0.1) is 0 Å². The Balaban J connectivity index is 1.19. The SMILES string of the molecule is COc1ccc(Cl)cc1C(=O)Nc1ccc(N2CCN(C(=O)c3cc4ccccc4o3)CC2)cc1. The molecule has 0 spiro atoms. The molecule has 1 fully saturated rings. The minimum Gasteiger partial charge on any atom is -0.496 e. The summed E-state index contributed by atoms with van der Waals surface area (Å²) in [6.07, 6.45) is 0. The van der Waals surface area contributed by atoms with Crippen LogP contribution in [0.1, 0.15) is 20.9 Å². The summed E-state index contributed by atoms with van der Waals surface area (Å²) in [7, 11) is 1.51. The van der Waals surface area contributed by atoms with Crippen LogP contribution in [0, 0.1) is 0 Å². The van der Waals surface area contributed by atoms with Crippen molar-refractivity contribution < 1.29 is 18.7 Å². The lowest BCUT2D eigenvalue weighted by molar-refractivity contribution is 0.0717. The number of benzene rings is 3. The van der Waals surface area contributed by atoms with Crippen LogP contribution in [0.25, 0.3) is 11.0 Å². The van der Waals surface area contributed by atoms with Gasteiger partial charge in [0.1, 0.15) is 11.3 Å². The number of piperazine rings is 1. The van der Waals surface area contributed by atoms with E-state index in [1.165, 1.54) is 7.11 Å². The fourth-order valence-corrected chi connectivity index (χ4v) is 4.39. The Morgan fingerprint density at radius 3 is 2.40 bits per heavy atom. The Labute approximate surface area is 207 Å². The molecule has 4 aromatic rings. The molecule has 8 heteroatoms. The van der Waals surface area contributed by atoms with Gasteiger partial charge in [0.15, 0.2) is 5.76 Å². The molecule has 7 nitrogen and oxygen atoms in total. The van der Waals surface area contributed by atoms with E-state index in [4.69, 9.17) is 20.8 Å². The number of hydrogen-bond acceptors (Lipinski definition) is 5. The highest BCUT2D eigenvalue weighted by Gasteiger charge is 2.25. The van der Waals surface area contributed by atoms with Crippen molar-refractivity contribution in [3.8, 4) is 5.75 Å². The van der Waals surface area contributed by atoms with Crippen LogP contribution in [0.15, 0.2) is 77.2 Å². The van der Waals surface area contributed by atoms with Gasteiger partial charge >= 0.3 is 0 Å². The van der Waals surface area contributed by atoms with E-state index in [1.54, 1.807) is 24.3 Å². The number of nitrogens with zero attached hydrogens (tertiary/aromatic N) is 2. The van der Waals surface area contributed by atoms with Crippen molar-refractivity contribution in [2.75, 3.05) is 43.5 Å². The molecule has 1 saturated heterocycles. The zero-order valence-corrected chi connectivity index (χ0v) is 19.9. The summed E-state index contributed by atoms with van der Waals surface area (Å²) in [5.74, 6) is 0.444. The van der Waals surface area contributed by atoms with Crippen LogP contribution < -0.4 is 15.0 Å². The van der Waals surface area contributed by atoms with Crippen molar-refractivity contribution in [1.82, 2.24) is 4.90 Å². The summed E-state index contributed by atoms with van der Waals surface area (Å²) < 4.78 is 11.0. The second-order valence-corrected chi connectivity index (χ2v) is 8.71. The van der Waals surface area contributed by atoms with Crippen LogP contribution in [0.4, 0.5) is 11.4 Å². The molecule has 178 valence electrons. The van der Waals surface area contributed by atoms with Gasteiger partial charge in [0.2, 0.25) is 0 Å². The van der Waals surface area contributed by atoms with Gasteiger partial charge in [-0.1, -0.05) is 29.8 Å². The number of carbonyl (C=O) groups excluding carboxylic acids is 2. The number of methoxy groups -OCH3 is 1. The summed E-state index contributed by atoms with van der Waals surface area (Å²) in [6, 6.07) is 22.0. The highest BCUT2D eigenvalue weighted by atomic mass is 35.5. The summed E-state index contributed by atoms with van der Waals surface area (Å²) in [6.45, 7) is 2.61. The summed E-state index contributed by atoms with van der Waals surface area (Å²) in [4.78, 5) is 29.6. The van der Waals surface area contributed by atoms with Gasteiger partial charge in [0.25, 0.3) is 11.8 Å². The van der Waals surface area contributed by atoms with E-state index in [0.29, 0.717) is 54.0 Å². The molecule has 1 aromatic heterocycles. The second-order valence-electron chi connectivity index (χ2n) is 8.27. The zero-order valence-electron chi connectivity index (χ0n) is 19.2. The Morgan fingerprint density at radius 2 is 1.69 bits per heavy atom. The lowest BCUT2D eigenvalue weighted by atomic mass is 10.1. The van der Waals surface area contributed by atoms with Gasteiger partial charge in [0.05, 0.1) is 12.7 Å². The van der Waals surface area contributed by atoms with E-state index in [9.17, 15) is 9.59 Å². The molecule has 0 radical (unpaired) electrons. The minimum atomic E-state index is -0.296. The number of halogens is 1. The number of nitrogens with one attached hydrogen (secondary N) is 1. The summed E-state index contributed by atoms with van der Waals surface area (Å²) in [5, 5.41) is 4.27. The fraction of sp³-hybridized carbons (Fsp3) is 0.185. The molecule has 35 heavy (non-hydrogen) atoms. The van der Waals surface area contributed by atoms with Gasteiger partial charge in [-0.25, -0.2) is 0 Å². The quantitative estimate of drug-likeness (QED) is 0.411. The van der Waals surface area contributed by atoms with Crippen LogP contribution in [-0.4, -0.2) is 50.0 Å². The third-order valence-corrected chi connectivity index (χ3v) is 6.33. The maximum absolute atomic E-state index is 12.9.